The Morgan fingerprint density at radius 1 is 1.47 bits per heavy atom. The van der Waals surface area contributed by atoms with Crippen molar-refractivity contribution in [3.8, 4) is 6.07 Å². The van der Waals surface area contributed by atoms with Crippen molar-refractivity contribution in [3.05, 3.63) is 34.1 Å². The molecule has 1 aliphatic rings. The van der Waals surface area contributed by atoms with E-state index in [0.29, 0.717) is 6.42 Å². The number of nitrogens with zero attached hydrogens (tertiary/aromatic N) is 2. The maximum atomic E-state index is 13.6. The molecular weight excluding hydrogens is 307 g/mol. The van der Waals surface area contributed by atoms with Gasteiger partial charge in [0.25, 0.3) is 0 Å². The van der Waals surface area contributed by atoms with Gasteiger partial charge in [0.05, 0.1) is 11.5 Å². The van der Waals surface area contributed by atoms with Crippen LogP contribution in [0.15, 0.2) is 22.7 Å². The molecule has 0 atom stereocenters. The lowest BCUT2D eigenvalue weighted by Crippen LogP contribution is -2.40. The van der Waals surface area contributed by atoms with Gasteiger partial charge in [-0.15, -0.1) is 0 Å². The fraction of sp³-hybridized carbons (Fsp3) is 0.533. The van der Waals surface area contributed by atoms with Crippen LogP contribution in [0.4, 0.5) is 4.39 Å². The van der Waals surface area contributed by atoms with Gasteiger partial charge in [0, 0.05) is 17.6 Å². The molecule has 0 unspecified atom stereocenters. The van der Waals surface area contributed by atoms with Crippen LogP contribution in [0.5, 0.6) is 0 Å². The first-order chi connectivity index (χ1) is 9.04. The lowest BCUT2D eigenvalue weighted by atomic mass is 9.69. The highest BCUT2D eigenvalue weighted by atomic mass is 79.9. The summed E-state index contributed by atoms with van der Waals surface area (Å²) >= 11 is 3.36. The molecule has 0 radical (unpaired) electrons. The van der Waals surface area contributed by atoms with Crippen LogP contribution in [-0.2, 0) is 6.42 Å². The average Bonchev–Trinajstić information content (AvgIpc) is 2.35. The molecule has 2 nitrogen and oxygen atoms in total. The van der Waals surface area contributed by atoms with E-state index in [-0.39, 0.29) is 11.2 Å². The molecule has 0 spiro atoms. The third kappa shape index (κ3) is 3.55. The molecule has 19 heavy (non-hydrogen) atoms. The zero-order chi connectivity index (χ0) is 13.9. The average molecular weight is 325 g/mol. The fourth-order valence-corrected chi connectivity index (χ4v) is 2.96. The number of nitriles is 1. The zero-order valence-electron chi connectivity index (χ0n) is 11.1. The molecule has 0 heterocycles. The summed E-state index contributed by atoms with van der Waals surface area (Å²) in [6.45, 7) is 1.57. The second-order valence-corrected chi connectivity index (χ2v) is 6.38. The lowest BCUT2D eigenvalue weighted by molar-refractivity contribution is 0.139. The Morgan fingerprint density at radius 3 is 2.79 bits per heavy atom. The van der Waals surface area contributed by atoms with Crippen LogP contribution in [0.2, 0.25) is 0 Å². The molecule has 1 aromatic carbocycles. The number of hydrogen-bond donors (Lipinski definition) is 0. The summed E-state index contributed by atoms with van der Waals surface area (Å²) in [6.07, 6.45) is 3.82. The highest BCUT2D eigenvalue weighted by molar-refractivity contribution is 9.10. The van der Waals surface area contributed by atoms with Crippen LogP contribution in [0.25, 0.3) is 0 Å². The fourth-order valence-electron chi connectivity index (χ4n) is 2.55. The summed E-state index contributed by atoms with van der Waals surface area (Å²) in [7, 11) is 2.01. The van der Waals surface area contributed by atoms with E-state index in [1.807, 2.05) is 13.1 Å². The molecule has 0 amide bonds. The maximum absolute atomic E-state index is 13.6. The maximum Gasteiger partial charge on any atom is 0.126 e. The molecule has 0 saturated heterocycles. The van der Waals surface area contributed by atoms with E-state index in [1.54, 1.807) is 6.07 Å². The van der Waals surface area contributed by atoms with Gasteiger partial charge in [0.1, 0.15) is 5.82 Å². The summed E-state index contributed by atoms with van der Waals surface area (Å²) in [5.74, 6) is -0.157. The molecule has 102 valence electrons. The van der Waals surface area contributed by atoms with Gasteiger partial charge in [0.2, 0.25) is 0 Å². The van der Waals surface area contributed by atoms with E-state index < -0.39 is 0 Å². The van der Waals surface area contributed by atoms with Crippen molar-refractivity contribution >= 4 is 15.9 Å². The van der Waals surface area contributed by atoms with Gasteiger partial charge >= 0.3 is 0 Å². The largest absolute Gasteiger partial charge is 0.304 e. The van der Waals surface area contributed by atoms with E-state index in [1.165, 1.54) is 6.07 Å². The minimum absolute atomic E-state index is 0.148. The number of likely N-dealkylation sites (N-methyl/N-ethyl adjacent to an activating group) is 1. The summed E-state index contributed by atoms with van der Waals surface area (Å²) in [5, 5.41) is 9.21. The predicted octanol–water partition coefficient (Wildman–Crippen LogP) is 3.76. The first-order valence-electron chi connectivity index (χ1n) is 6.58. The van der Waals surface area contributed by atoms with Gasteiger partial charge in [-0.05, 0) is 50.1 Å². The molecule has 0 aliphatic heterocycles. The van der Waals surface area contributed by atoms with Crippen molar-refractivity contribution in [1.82, 2.24) is 4.90 Å². The number of rotatable bonds is 5. The Kier molecular flexibility index (Phi) is 4.59. The van der Waals surface area contributed by atoms with Crippen LogP contribution in [0.1, 0.15) is 24.8 Å². The number of hydrogen-bond acceptors (Lipinski definition) is 2. The molecule has 0 N–H and O–H groups in total. The molecule has 1 aliphatic carbocycles. The van der Waals surface area contributed by atoms with Gasteiger partial charge in [-0.3, -0.25) is 0 Å². The summed E-state index contributed by atoms with van der Waals surface area (Å²) < 4.78 is 14.5. The van der Waals surface area contributed by atoms with E-state index in [0.717, 1.165) is 42.4 Å². The molecule has 1 saturated carbocycles. The topological polar surface area (TPSA) is 27.0 Å². The Bertz CT molecular complexity index is 491. The normalized spacial score (nSPS) is 17.0. The van der Waals surface area contributed by atoms with Crippen molar-refractivity contribution < 1.29 is 4.39 Å². The van der Waals surface area contributed by atoms with E-state index in [4.69, 9.17) is 0 Å². The van der Waals surface area contributed by atoms with Crippen LogP contribution in [0.3, 0.4) is 0 Å². The van der Waals surface area contributed by atoms with Gasteiger partial charge in [-0.1, -0.05) is 22.4 Å². The first kappa shape index (κ1) is 14.5. The minimum Gasteiger partial charge on any atom is -0.304 e. The van der Waals surface area contributed by atoms with E-state index in [2.05, 4.69) is 26.9 Å². The molecular formula is C15H18BrFN2. The summed E-state index contributed by atoms with van der Waals surface area (Å²) in [4.78, 5) is 2.14. The second kappa shape index (κ2) is 6.02. The molecule has 2 rings (SSSR count). The van der Waals surface area contributed by atoms with Crippen molar-refractivity contribution in [2.75, 3.05) is 20.1 Å². The van der Waals surface area contributed by atoms with Crippen molar-refractivity contribution in [2.24, 2.45) is 5.41 Å². The quantitative estimate of drug-likeness (QED) is 0.824. The Labute approximate surface area is 122 Å². The molecule has 1 fully saturated rings. The highest BCUT2D eigenvalue weighted by Gasteiger charge is 2.37. The lowest BCUT2D eigenvalue weighted by Gasteiger charge is -2.38. The van der Waals surface area contributed by atoms with Gasteiger partial charge in [-0.2, -0.15) is 5.26 Å². The third-order valence-corrected chi connectivity index (χ3v) is 4.38. The summed E-state index contributed by atoms with van der Waals surface area (Å²) in [5.41, 5.74) is 0.575. The summed E-state index contributed by atoms with van der Waals surface area (Å²) in [6, 6.07) is 7.47. The van der Waals surface area contributed by atoms with E-state index >= 15 is 0 Å². The van der Waals surface area contributed by atoms with Crippen LogP contribution < -0.4 is 0 Å². The van der Waals surface area contributed by atoms with Gasteiger partial charge in [0.15, 0.2) is 0 Å². The Balaban J connectivity index is 1.88. The monoisotopic (exact) mass is 324 g/mol. The first-order valence-corrected chi connectivity index (χ1v) is 7.38. The zero-order valence-corrected chi connectivity index (χ0v) is 12.7. The predicted molar refractivity (Wildman–Crippen MR) is 77.2 cm³/mol. The van der Waals surface area contributed by atoms with E-state index in [9.17, 15) is 9.65 Å². The number of benzene rings is 1. The van der Waals surface area contributed by atoms with Crippen molar-refractivity contribution in [2.45, 2.75) is 25.7 Å². The van der Waals surface area contributed by atoms with Gasteiger partial charge in [-0.25, -0.2) is 4.39 Å². The Hall–Kier alpha value is -0.920. The number of halogens is 2. The third-order valence-electron chi connectivity index (χ3n) is 3.89. The molecule has 1 aromatic rings. The van der Waals surface area contributed by atoms with Crippen molar-refractivity contribution in [1.29, 1.82) is 5.26 Å². The van der Waals surface area contributed by atoms with Crippen LogP contribution in [0, 0.1) is 22.6 Å². The minimum atomic E-state index is -0.157. The molecule has 0 aromatic heterocycles. The second-order valence-electron chi connectivity index (χ2n) is 5.47. The SMILES string of the molecule is CN(CCc1cc(Br)ccc1F)CC1(C#N)CCC1. The molecule has 4 heteroatoms. The smallest absolute Gasteiger partial charge is 0.126 e. The van der Waals surface area contributed by atoms with Crippen molar-refractivity contribution in [3.63, 3.8) is 0 Å². The van der Waals surface area contributed by atoms with Gasteiger partial charge < -0.3 is 4.90 Å². The van der Waals surface area contributed by atoms with Crippen LogP contribution in [-0.4, -0.2) is 25.0 Å². The standard InChI is InChI=1S/C15H18BrFN2/c1-19(11-15(10-18)6-2-7-15)8-5-12-9-13(16)3-4-14(12)17/h3-4,9H,2,5-8,11H2,1H3. The van der Waals surface area contributed by atoms with Crippen LogP contribution >= 0.6 is 15.9 Å². The Morgan fingerprint density at radius 2 is 2.21 bits per heavy atom. The highest BCUT2D eigenvalue weighted by Crippen LogP contribution is 2.40. The molecule has 0 bridgehead atoms.